The fourth-order valence-electron chi connectivity index (χ4n) is 2.65. The van der Waals surface area contributed by atoms with E-state index < -0.39 is 51.2 Å². The SMILES string of the molecule is NC1CCCCC1.O=P(O)(O)O[C@H]1O[C@H]([C@H](O)CO)[C@@H](O)[C@H](O)[C@@H]1O. The van der Waals surface area contributed by atoms with Crippen LogP contribution in [0.3, 0.4) is 0 Å². The zero-order chi connectivity index (χ0) is 19.2. The van der Waals surface area contributed by atoms with E-state index in [4.69, 9.17) is 25.4 Å². The average Bonchev–Trinajstić information content (AvgIpc) is 2.55. The summed E-state index contributed by atoms with van der Waals surface area (Å²) in [5, 5.41) is 46.3. The molecule has 2 aliphatic rings. The van der Waals surface area contributed by atoms with Crippen LogP contribution in [0.15, 0.2) is 0 Å². The highest BCUT2D eigenvalue weighted by Gasteiger charge is 2.48. The normalized spacial score (nSPS) is 35.6. The van der Waals surface area contributed by atoms with E-state index in [2.05, 4.69) is 4.52 Å². The van der Waals surface area contributed by atoms with Gasteiger partial charge in [0.05, 0.1) is 6.61 Å². The Morgan fingerprint density at radius 2 is 1.64 bits per heavy atom. The first kappa shape index (κ1) is 22.9. The molecule has 1 saturated heterocycles. The van der Waals surface area contributed by atoms with Gasteiger partial charge in [0.2, 0.25) is 0 Å². The maximum absolute atomic E-state index is 10.6. The topological polar surface area (TPSA) is 203 Å². The van der Waals surface area contributed by atoms with Crippen molar-refractivity contribution in [1.29, 1.82) is 0 Å². The smallest absolute Gasteiger partial charge is 0.394 e. The van der Waals surface area contributed by atoms with Crippen molar-refractivity contribution in [1.82, 2.24) is 0 Å². The van der Waals surface area contributed by atoms with Gasteiger partial charge in [-0.15, -0.1) is 0 Å². The van der Waals surface area contributed by atoms with Gasteiger partial charge in [-0.2, -0.15) is 0 Å². The molecule has 0 bridgehead atoms. The second kappa shape index (κ2) is 10.2. The number of aliphatic hydroxyl groups is 5. The van der Waals surface area contributed by atoms with Crippen LogP contribution in [0, 0.1) is 0 Å². The second-order valence-electron chi connectivity index (χ2n) is 6.18. The average molecular weight is 389 g/mol. The Kier molecular flexibility index (Phi) is 9.37. The molecule has 11 nitrogen and oxygen atoms in total. The second-order valence-corrected chi connectivity index (χ2v) is 7.38. The number of hydrogen-bond acceptors (Lipinski definition) is 9. The summed E-state index contributed by atoms with van der Waals surface area (Å²) in [7, 11) is -5.00. The predicted octanol–water partition coefficient (Wildman–Crippen LogP) is -2.47. The molecular formula is C13H28NO10P. The Morgan fingerprint density at radius 3 is 2.04 bits per heavy atom. The van der Waals surface area contributed by atoms with Crippen LogP contribution in [0.25, 0.3) is 0 Å². The number of phosphoric ester groups is 1. The fraction of sp³-hybridized carbons (Fsp3) is 1.00. The van der Waals surface area contributed by atoms with Crippen LogP contribution >= 0.6 is 7.82 Å². The Bertz CT molecular complexity index is 429. The van der Waals surface area contributed by atoms with Crippen LogP contribution in [0.1, 0.15) is 32.1 Å². The van der Waals surface area contributed by atoms with Crippen molar-refractivity contribution in [3.63, 3.8) is 0 Å². The van der Waals surface area contributed by atoms with E-state index in [-0.39, 0.29) is 0 Å². The minimum absolute atomic E-state index is 0.536. The van der Waals surface area contributed by atoms with Crippen LogP contribution in [-0.2, 0) is 13.8 Å². The largest absolute Gasteiger partial charge is 0.472 e. The predicted molar refractivity (Wildman–Crippen MR) is 84.0 cm³/mol. The number of aliphatic hydroxyl groups excluding tert-OH is 5. The molecule has 1 saturated carbocycles. The van der Waals surface area contributed by atoms with E-state index in [1.807, 2.05) is 0 Å². The van der Waals surface area contributed by atoms with Crippen LogP contribution in [0.2, 0.25) is 0 Å². The van der Waals surface area contributed by atoms with E-state index in [1.165, 1.54) is 32.1 Å². The molecule has 0 amide bonds. The summed E-state index contributed by atoms with van der Waals surface area (Å²) >= 11 is 0. The molecule has 25 heavy (non-hydrogen) atoms. The minimum atomic E-state index is -5.00. The number of phosphoric acid groups is 1. The van der Waals surface area contributed by atoms with Gasteiger partial charge in [0.25, 0.3) is 0 Å². The summed E-state index contributed by atoms with van der Waals surface area (Å²) in [4.78, 5) is 17.1. The quantitative estimate of drug-likeness (QED) is 0.237. The highest BCUT2D eigenvalue weighted by atomic mass is 31.2. The van der Waals surface area contributed by atoms with Gasteiger partial charge < -0.3 is 45.8 Å². The molecule has 0 aromatic rings. The molecule has 150 valence electrons. The number of nitrogens with two attached hydrogens (primary N) is 1. The molecule has 0 spiro atoms. The van der Waals surface area contributed by atoms with Gasteiger partial charge in [-0.3, -0.25) is 4.52 Å². The Morgan fingerprint density at radius 1 is 1.08 bits per heavy atom. The summed E-state index contributed by atoms with van der Waals surface area (Å²) in [5.41, 5.74) is 5.63. The summed E-state index contributed by atoms with van der Waals surface area (Å²) in [6.45, 7) is -0.826. The molecule has 12 heteroatoms. The summed E-state index contributed by atoms with van der Waals surface area (Å²) in [6.07, 6.45) is -4.00. The van der Waals surface area contributed by atoms with E-state index in [9.17, 15) is 25.0 Å². The molecular weight excluding hydrogens is 361 g/mol. The van der Waals surface area contributed by atoms with Crippen LogP contribution in [0.4, 0.5) is 0 Å². The maximum atomic E-state index is 10.6. The van der Waals surface area contributed by atoms with Gasteiger partial charge in [-0.05, 0) is 12.8 Å². The molecule has 6 atom stereocenters. The molecule has 0 aromatic heterocycles. The lowest BCUT2D eigenvalue weighted by Gasteiger charge is -2.41. The molecule has 2 rings (SSSR count). The summed E-state index contributed by atoms with van der Waals surface area (Å²) in [5.74, 6) is 0. The zero-order valence-electron chi connectivity index (χ0n) is 13.7. The highest BCUT2D eigenvalue weighted by Crippen LogP contribution is 2.40. The van der Waals surface area contributed by atoms with Crippen molar-refractivity contribution in [2.75, 3.05) is 6.61 Å². The number of ether oxygens (including phenoxy) is 1. The summed E-state index contributed by atoms with van der Waals surface area (Å²) < 4.78 is 19.4. The first-order chi connectivity index (χ1) is 11.6. The first-order valence-corrected chi connectivity index (χ1v) is 9.58. The third kappa shape index (κ3) is 7.53. The standard InChI is InChI=1S/C7H15O10P.C6H13N/c8-1-2(9)6-4(11)3(10)5(12)7(16-6)17-18(13,14)15;7-6-4-2-1-3-5-6/h2-12H,1H2,(H2,13,14,15);6H,1-5,7H2/t2-,3+,4+,5+,6-,7-;/m1./s1. The van der Waals surface area contributed by atoms with Gasteiger partial charge in [0.1, 0.15) is 30.5 Å². The lowest BCUT2D eigenvalue weighted by molar-refractivity contribution is -0.293. The molecule has 0 radical (unpaired) electrons. The minimum Gasteiger partial charge on any atom is -0.394 e. The Hall–Kier alpha value is -0.170. The van der Waals surface area contributed by atoms with Crippen LogP contribution in [0.5, 0.6) is 0 Å². The van der Waals surface area contributed by atoms with Crippen molar-refractivity contribution < 1.29 is 49.1 Å². The molecule has 9 N–H and O–H groups in total. The third-order valence-corrected chi connectivity index (χ3v) is 4.55. The van der Waals surface area contributed by atoms with Crippen molar-refractivity contribution >= 4 is 7.82 Å². The van der Waals surface area contributed by atoms with Crippen molar-refractivity contribution in [2.45, 2.75) is 75.0 Å². The number of rotatable bonds is 4. The third-order valence-electron chi connectivity index (χ3n) is 4.06. The van der Waals surface area contributed by atoms with E-state index in [0.717, 1.165) is 0 Å². The molecule has 0 aromatic carbocycles. The molecule has 1 aliphatic carbocycles. The number of hydrogen-bond donors (Lipinski definition) is 8. The van der Waals surface area contributed by atoms with E-state index >= 15 is 0 Å². The molecule has 0 unspecified atom stereocenters. The molecule has 2 fully saturated rings. The van der Waals surface area contributed by atoms with Gasteiger partial charge in [0, 0.05) is 6.04 Å². The molecule has 1 aliphatic heterocycles. The van der Waals surface area contributed by atoms with Gasteiger partial charge in [-0.1, -0.05) is 19.3 Å². The lowest BCUT2D eigenvalue weighted by Crippen LogP contribution is -2.61. The monoisotopic (exact) mass is 389 g/mol. The van der Waals surface area contributed by atoms with Gasteiger partial charge in [-0.25, -0.2) is 4.57 Å². The Labute approximate surface area is 145 Å². The van der Waals surface area contributed by atoms with Gasteiger partial charge in [0.15, 0.2) is 6.29 Å². The van der Waals surface area contributed by atoms with Crippen LogP contribution < -0.4 is 5.73 Å². The van der Waals surface area contributed by atoms with E-state index in [1.54, 1.807) is 0 Å². The van der Waals surface area contributed by atoms with Crippen molar-refractivity contribution in [2.24, 2.45) is 5.73 Å². The Balaban J connectivity index is 0.000000370. The van der Waals surface area contributed by atoms with Crippen LogP contribution in [-0.4, -0.2) is 84.8 Å². The van der Waals surface area contributed by atoms with E-state index in [0.29, 0.717) is 6.04 Å². The summed E-state index contributed by atoms with van der Waals surface area (Å²) in [6, 6.07) is 0.536. The first-order valence-electron chi connectivity index (χ1n) is 8.05. The fourth-order valence-corrected chi connectivity index (χ4v) is 3.10. The maximum Gasteiger partial charge on any atom is 0.472 e. The lowest BCUT2D eigenvalue weighted by atomic mass is 9.96. The van der Waals surface area contributed by atoms with Crippen molar-refractivity contribution in [3.05, 3.63) is 0 Å². The zero-order valence-corrected chi connectivity index (χ0v) is 14.6. The van der Waals surface area contributed by atoms with Crippen molar-refractivity contribution in [3.8, 4) is 0 Å². The molecule has 1 heterocycles. The highest BCUT2D eigenvalue weighted by molar-refractivity contribution is 7.46. The van der Waals surface area contributed by atoms with Gasteiger partial charge >= 0.3 is 7.82 Å².